The van der Waals surface area contributed by atoms with Crippen LogP contribution in [-0.2, 0) is 28.1 Å². The Balaban J connectivity index is 1.29. The first-order valence-corrected chi connectivity index (χ1v) is 15.7. The zero-order chi connectivity index (χ0) is 30.8. The van der Waals surface area contributed by atoms with Gasteiger partial charge in [-0.3, -0.25) is 9.32 Å². The molecule has 1 aliphatic heterocycles. The number of aliphatic hydroxyl groups is 2. The van der Waals surface area contributed by atoms with E-state index in [4.69, 9.17) is 29.0 Å². The fraction of sp³-hybridized carbons (Fsp3) is 0.536. The molecule has 2 fully saturated rings. The molecule has 2 aliphatic rings. The van der Waals surface area contributed by atoms with E-state index in [2.05, 4.69) is 15.2 Å². The van der Waals surface area contributed by atoms with Crippen LogP contribution in [0.5, 0.6) is 5.75 Å². The Morgan fingerprint density at radius 1 is 1.19 bits per heavy atom. The van der Waals surface area contributed by atoms with Crippen LogP contribution in [0.3, 0.4) is 0 Å². The number of carbonyl (C=O) groups excluding carboxylic acids is 1. The van der Waals surface area contributed by atoms with Gasteiger partial charge in [-0.15, -0.1) is 0 Å². The van der Waals surface area contributed by atoms with Gasteiger partial charge in [0.1, 0.15) is 53.7 Å². The van der Waals surface area contributed by atoms with Crippen molar-refractivity contribution in [3.05, 3.63) is 54.5 Å². The maximum Gasteiger partial charge on any atom is 0.459 e. The topological polar surface area (TPSA) is 189 Å². The fourth-order valence-corrected chi connectivity index (χ4v) is 6.95. The van der Waals surface area contributed by atoms with E-state index >= 15 is 0 Å². The highest BCUT2D eigenvalue weighted by molar-refractivity contribution is 7.52. The highest BCUT2D eigenvalue weighted by Crippen LogP contribution is 2.48. The summed E-state index contributed by atoms with van der Waals surface area (Å²) in [6, 6.07) is 10.6. The Kier molecular flexibility index (Phi) is 9.37. The van der Waals surface area contributed by atoms with Crippen LogP contribution in [-0.4, -0.2) is 80.6 Å². The summed E-state index contributed by atoms with van der Waals surface area (Å²) in [4.78, 5) is 16.9. The van der Waals surface area contributed by atoms with E-state index in [-0.39, 0.29) is 23.8 Å². The highest BCUT2D eigenvalue weighted by atomic mass is 31.2. The number of hydrogen-bond acceptors (Lipinski definition) is 12. The number of nitrogens with two attached hydrogens (primary N) is 1. The summed E-state index contributed by atoms with van der Waals surface area (Å²) < 4.78 is 44.2. The van der Waals surface area contributed by atoms with Crippen molar-refractivity contribution in [1.82, 2.24) is 19.7 Å². The van der Waals surface area contributed by atoms with E-state index in [0.29, 0.717) is 24.1 Å². The lowest BCUT2D eigenvalue weighted by atomic mass is 9.95. The predicted molar refractivity (Wildman–Crippen MR) is 154 cm³/mol. The molecule has 1 aliphatic carbocycles. The molecule has 1 saturated heterocycles. The SMILES string of the molecule is COC1CCC(OC(=O)C(C)NP(=O)(OC[C@@]2(C)O[C@@H](c3ccc4c(N)ncnn34)[C@H](O)[C@@H]2O)Oc2ccccc2)CC1. The molecule has 14 nitrogen and oxygen atoms in total. The second kappa shape index (κ2) is 12.9. The molecule has 0 spiro atoms. The van der Waals surface area contributed by atoms with Gasteiger partial charge in [0, 0.05) is 7.11 Å². The van der Waals surface area contributed by atoms with Crippen molar-refractivity contribution < 1.29 is 42.8 Å². The van der Waals surface area contributed by atoms with Gasteiger partial charge in [-0.05, 0) is 63.8 Å². The Labute approximate surface area is 249 Å². The van der Waals surface area contributed by atoms with Crippen LogP contribution in [0.4, 0.5) is 5.82 Å². The first kappa shape index (κ1) is 31.3. The Morgan fingerprint density at radius 3 is 2.58 bits per heavy atom. The number of aromatic nitrogens is 3. The number of ether oxygens (including phenoxy) is 3. The van der Waals surface area contributed by atoms with Gasteiger partial charge in [-0.25, -0.2) is 14.1 Å². The van der Waals surface area contributed by atoms with Crippen molar-refractivity contribution in [2.24, 2.45) is 0 Å². The zero-order valence-corrected chi connectivity index (χ0v) is 25.1. The largest absolute Gasteiger partial charge is 0.461 e. The Hall–Kier alpha value is -3.10. The van der Waals surface area contributed by atoms with E-state index in [0.717, 1.165) is 12.8 Å². The van der Waals surface area contributed by atoms with E-state index in [1.54, 1.807) is 49.6 Å². The number of nitrogens with zero attached hydrogens (tertiary/aromatic N) is 3. The molecular weight excluding hydrogens is 581 g/mol. The number of esters is 1. The van der Waals surface area contributed by atoms with Gasteiger partial charge in [0.25, 0.3) is 0 Å². The third kappa shape index (κ3) is 6.86. The van der Waals surface area contributed by atoms with Gasteiger partial charge in [-0.1, -0.05) is 18.2 Å². The molecule has 3 heterocycles. The van der Waals surface area contributed by atoms with Crippen LogP contribution in [0.2, 0.25) is 0 Å². The first-order chi connectivity index (χ1) is 20.5. The molecular formula is C28H38N5O9P. The number of aliphatic hydroxyl groups excluding tert-OH is 2. The molecule has 2 unspecified atom stereocenters. The summed E-state index contributed by atoms with van der Waals surface area (Å²) in [6.45, 7) is 2.55. The number of carbonyl (C=O) groups is 1. The maximum atomic E-state index is 14.1. The van der Waals surface area contributed by atoms with E-state index in [1.165, 1.54) is 24.7 Å². The molecule has 1 saturated carbocycles. The summed E-state index contributed by atoms with van der Waals surface area (Å²) in [6.07, 6.45) is 0.179. The van der Waals surface area contributed by atoms with Crippen LogP contribution in [0, 0.1) is 0 Å². The molecule has 3 aromatic rings. The van der Waals surface area contributed by atoms with Crippen molar-refractivity contribution in [1.29, 1.82) is 0 Å². The molecule has 0 radical (unpaired) electrons. The Bertz CT molecular complexity index is 1450. The van der Waals surface area contributed by atoms with Gasteiger partial charge in [0.2, 0.25) is 0 Å². The average molecular weight is 620 g/mol. The minimum atomic E-state index is -4.27. The predicted octanol–water partition coefficient (Wildman–Crippen LogP) is 2.55. The van der Waals surface area contributed by atoms with Gasteiger partial charge < -0.3 is 34.7 Å². The van der Waals surface area contributed by atoms with Gasteiger partial charge in [0.05, 0.1) is 18.4 Å². The van der Waals surface area contributed by atoms with Crippen molar-refractivity contribution >= 4 is 25.1 Å². The highest BCUT2D eigenvalue weighted by Gasteiger charge is 2.54. The van der Waals surface area contributed by atoms with Crippen molar-refractivity contribution in [3.8, 4) is 5.75 Å². The molecule has 0 amide bonds. The van der Waals surface area contributed by atoms with E-state index < -0.39 is 50.3 Å². The van der Waals surface area contributed by atoms with Gasteiger partial charge in [-0.2, -0.15) is 10.2 Å². The number of benzene rings is 1. The quantitative estimate of drug-likeness (QED) is 0.181. The standard InChI is InChI=1S/C28H38N5O9P/c1-17(27(36)40-19-11-9-18(38-3)10-12-19)32-43(37,42-20-7-5-4-6-8-20)39-15-28(2)25(35)23(34)24(41-28)21-13-14-22-26(29)30-16-31-33(21)22/h4-8,13-14,16-19,23-25,34-35H,9-12,15H2,1-3H3,(H,32,37)(H2,29,30,31)/t17?,18?,19?,23-,24-,25-,28+,43?/m0/s1. The number of hydrogen-bond donors (Lipinski definition) is 4. The molecule has 6 atom stereocenters. The molecule has 43 heavy (non-hydrogen) atoms. The summed E-state index contributed by atoms with van der Waals surface area (Å²) >= 11 is 0. The lowest BCUT2D eigenvalue weighted by Gasteiger charge is -2.31. The number of rotatable bonds is 11. The Morgan fingerprint density at radius 2 is 1.88 bits per heavy atom. The minimum Gasteiger partial charge on any atom is -0.461 e. The third-order valence-corrected chi connectivity index (χ3v) is 9.51. The lowest BCUT2D eigenvalue weighted by Crippen LogP contribution is -2.45. The summed E-state index contributed by atoms with van der Waals surface area (Å²) in [5, 5.41) is 28.8. The molecule has 5 N–H and O–H groups in total. The summed E-state index contributed by atoms with van der Waals surface area (Å²) in [5.41, 5.74) is 5.33. The van der Waals surface area contributed by atoms with E-state index in [9.17, 15) is 19.6 Å². The molecule has 234 valence electrons. The summed E-state index contributed by atoms with van der Waals surface area (Å²) in [5.74, 6) is -0.146. The van der Waals surface area contributed by atoms with Crippen LogP contribution < -0.4 is 15.3 Å². The van der Waals surface area contributed by atoms with E-state index in [1.807, 2.05) is 0 Å². The molecule has 15 heteroatoms. The number of para-hydroxylation sites is 1. The molecule has 0 bridgehead atoms. The number of nitrogens with one attached hydrogen (secondary N) is 1. The first-order valence-electron chi connectivity index (χ1n) is 14.1. The smallest absolute Gasteiger partial charge is 0.459 e. The number of nitrogen functional groups attached to an aromatic ring is 1. The van der Waals surface area contributed by atoms with Crippen LogP contribution in [0.25, 0.3) is 5.52 Å². The van der Waals surface area contributed by atoms with Crippen LogP contribution in [0.15, 0.2) is 48.8 Å². The van der Waals surface area contributed by atoms with Gasteiger partial charge in [0.15, 0.2) is 5.82 Å². The zero-order valence-electron chi connectivity index (χ0n) is 24.2. The molecule has 1 aromatic carbocycles. The van der Waals surface area contributed by atoms with Gasteiger partial charge >= 0.3 is 13.7 Å². The number of fused-ring (bicyclic) bond motifs is 1. The van der Waals surface area contributed by atoms with Crippen LogP contribution in [0.1, 0.15) is 51.3 Å². The van der Waals surface area contributed by atoms with Crippen molar-refractivity contribution in [2.75, 3.05) is 19.5 Å². The third-order valence-electron chi connectivity index (χ3n) is 7.89. The molecule has 5 rings (SSSR count). The average Bonchev–Trinajstić information content (AvgIpc) is 3.53. The maximum absolute atomic E-state index is 14.1. The lowest BCUT2D eigenvalue weighted by molar-refractivity contribution is -0.153. The van der Waals surface area contributed by atoms with Crippen molar-refractivity contribution in [2.45, 2.75) is 81.7 Å². The van der Waals surface area contributed by atoms with Crippen molar-refractivity contribution in [3.63, 3.8) is 0 Å². The van der Waals surface area contributed by atoms with Crippen LogP contribution >= 0.6 is 7.75 Å². The number of anilines is 1. The normalized spacial score (nSPS) is 29.7. The second-order valence-electron chi connectivity index (χ2n) is 11.1. The monoisotopic (exact) mass is 619 g/mol. The fourth-order valence-electron chi connectivity index (χ4n) is 5.36. The molecule has 2 aromatic heterocycles. The second-order valence-corrected chi connectivity index (χ2v) is 12.8. The summed E-state index contributed by atoms with van der Waals surface area (Å²) in [7, 11) is -2.61. The minimum absolute atomic E-state index is 0.147. The number of methoxy groups -OCH3 is 1.